The van der Waals surface area contributed by atoms with Gasteiger partial charge in [0, 0.05) is 22.3 Å². The lowest BCUT2D eigenvalue weighted by atomic mass is 9.70. The highest BCUT2D eigenvalue weighted by Crippen LogP contribution is 2.67. The zero-order chi connectivity index (χ0) is 28.0. The molecule has 0 radical (unpaired) electrons. The highest BCUT2D eigenvalue weighted by atomic mass is 79.9. The van der Waals surface area contributed by atoms with E-state index in [1.807, 2.05) is 31.2 Å². The van der Waals surface area contributed by atoms with Crippen LogP contribution < -0.4 is 15.4 Å². The minimum atomic E-state index is -0.842. The number of ether oxygens (including phenoxy) is 1. The number of aliphatic hydroxyl groups excluding tert-OH is 1. The van der Waals surface area contributed by atoms with E-state index in [1.165, 1.54) is 4.90 Å². The molecule has 11 nitrogen and oxygen atoms in total. The van der Waals surface area contributed by atoms with Crippen LogP contribution in [0.3, 0.4) is 0 Å². The van der Waals surface area contributed by atoms with E-state index >= 15 is 0 Å². The Morgan fingerprint density at radius 3 is 2.73 bits per heavy atom. The van der Waals surface area contributed by atoms with Crippen molar-refractivity contribution < 1.29 is 24.2 Å². The van der Waals surface area contributed by atoms with Crippen LogP contribution >= 0.6 is 27.7 Å². The van der Waals surface area contributed by atoms with Gasteiger partial charge >= 0.3 is 0 Å². The first-order valence-corrected chi connectivity index (χ1v) is 15.0. The van der Waals surface area contributed by atoms with E-state index in [0.717, 1.165) is 5.52 Å². The van der Waals surface area contributed by atoms with Gasteiger partial charge < -0.3 is 25.4 Å². The minimum absolute atomic E-state index is 0.00678. The average Bonchev–Trinajstić information content (AvgIpc) is 3.66. The quantitative estimate of drug-likeness (QED) is 0.306. The molecule has 0 aliphatic carbocycles. The van der Waals surface area contributed by atoms with Crippen molar-refractivity contribution in [2.24, 2.45) is 11.8 Å². The van der Waals surface area contributed by atoms with Gasteiger partial charge in [-0.25, -0.2) is 4.68 Å². The smallest absolute Gasteiger partial charge is 0.245 e. The third-order valence-electron chi connectivity index (χ3n) is 7.94. The summed E-state index contributed by atoms with van der Waals surface area (Å²) in [5.74, 6) is -1.50. The van der Waals surface area contributed by atoms with Gasteiger partial charge in [0.1, 0.15) is 24.0 Å². The molecule has 6 rings (SSSR count). The van der Waals surface area contributed by atoms with Gasteiger partial charge in [-0.2, -0.15) is 0 Å². The van der Waals surface area contributed by atoms with E-state index in [0.29, 0.717) is 30.0 Å². The van der Waals surface area contributed by atoms with Crippen molar-refractivity contribution in [1.29, 1.82) is 0 Å². The van der Waals surface area contributed by atoms with Gasteiger partial charge in [0.05, 0.1) is 35.3 Å². The second-order valence-corrected chi connectivity index (χ2v) is 12.9. The van der Waals surface area contributed by atoms with Crippen LogP contribution in [0.25, 0.3) is 11.0 Å². The highest BCUT2D eigenvalue weighted by molar-refractivity contribution is 9.09. The van der Waals surface area contributed by atoms with Crippen molar-refractivity contribution in [3.05, 3.63) is 48.5 Å². The summed E-state index contributed by atoms with van der Waals surface area (Å²) >= 11 is 5.29. The van der Waals surface area contributed by atoms with Gasteiger partial charge in [-0.3, -0.25) is 14.4 Å². The van der Waals surface area contributed by atoms with Crippen LogP contribution in [0.1, 0.15) is 13.3 Å². The number of amides is 3. The molecule has 3 saturated heterocycles. The average molecular weight is 630 g/mol. The molecule has 3 fully saturated rings. The van der Waals surface area contributed by atoms with Gasteiger partial charge in [0.25, 0.3) is 0 Å². The van der Waals surface area contributed by atoms with E-state index in [9.17, 15) is 19.5 Å². The molecule has 210 valence electrons. The number of carbonyl (C=O) groups is 3. The number of carbonyl (C=O) groups excluding carboxylic acids is 3. The number of aromatic nitrogens is 3. The number of rotatable bonds is 9. The Morgan fingerprint density at radius 1 is 1.20 bits per heavy atom. The second-order valence-electron chi connectivity index (χ2n) is 10.1. The summed E-state index contributed by atoms with van der Waals surface area (Å²) < 4.78 is 6.27. The molecule has 2 aromatic carbocycles. The van der Waals surface area contributed by atoms with Crippen LogP contribution in [0, 0.1) is 11.8 Å². The Labute approximate surface area is 243 Å². The number of nitrogens with one attached hydrogen (secondary N) is 2. The van der Waals surface area contributed by atoms with E-state index < -0.39 is 22.6 Å². The number of nitrogens with zero attached hydrogens (tertiary/aromatic N) is 4. The van der Waals surface area contributed by atoms with Crippen LogP contribution in [0.2, 0.25) is 0 Å². The second kappa shape index (κ2) is 10.7. The number of β-amino-alcohol motifs (C(OH)–C–C–N with tert-alkyl or cyclic N) is 1. The monoisotopic (exact) mass is 628 g/mol. The maximum atomic E-state index is 13.9. The predicted molar refractivity (Wildman–Crippen MR) is 153 cm³/mol. The van der Waals surface area contributed by atoms with Crippen LogP contribution in [0.5, 0.6) is 5.75 Å². The molecule has 3 aliphatic heterocycles. The minimum Gasteiger partial charge on any atom is -0.494 e. The standard InChI is InChI=1S/C27H29BrN6O5S/c1-2-39-16-9-7-15(8-10-16)30-24(36)20-21-26(38)33(11-12-35)23(27(21)13-17(28)22(20)40-27)25(37)29-14-34-19-6-4-3-5-18(19)31-32-34/h3-10,17,20-23,35H,2,11-14H2,1H3,(H,29,37)(H,30,36)/t17?,20-,21-,22-,23?,27?/m0/s1. The number of fused-ring (bicyclic) bond motifs is 2. The third kappa shape index (κ3) is 4.34. The number of alkyl halides is 1. The Bertz CT molecular complexity index is 1450. The van der Waals surface area contributed by atoms with E-state index in [4.69, 9.17) is 4.74 Å². The first-order valence-electron chi connectivity index (χ1n) is 13.2. The first kappa shape index (κ1) is 27.0. The molecule has 3 aromatic rings. The molecule has 3 amide bonds. The third-order valence-corrected chi connectivity index (χ3v) is 11.2. The Hall–Kier alpha value is -3.16. The number of benzene rings is 2. The molecular weight excluding hydrogens is 600 g/mol. The van der Waals surface area contributed by atoms with Gasteiger partial charge in [0.15, 0.2) is 0 Å². The molecule has 2 bridgehead atoms. The molecule has 13 heteroatoms. The number of likely N-dealkylation sites (tertiary alicyclic amines) is 1. The fraction of sp³-hybridized carbons (Fsp3) is 0.444. The van der Waals surface area contributed by atoms with Crippen molar-refractivity contribution in [2.75, 3.05) is 25.1 Å². The summed E-state index contributed by atoms with van der Waals surface area (Å²) in [7, 11) is 0. The van der Waals surface area contributed by atoms with E-state index in [2.05, 4.69) is 36.9 Å². The normalized spacial score (nSPS) is 28.6. The van der Waals surface area contributed by atoms with Crippen LogP contribution in [-0.4, -0.2) is 83.3 Å². The van der Waals surface area contributed by atoms with Crippen molar-refractivity contribution >= 4 is 62.1 Å². The highest BCUT2D eigenvalue weighted by Gasteiger charge is 2.75. The largest absolute Gasteiger partial charge is 0.494 e. The summed E-state index contributed by atoms with van der Waals surface area (Å²) in [5, 5.41) is 23.8. The maximum Gasteiger partial charge on any atom is 0.245 e. The van der Waals surface area contributed by atoms with Gasteiger partial charge in [-0.1, -0.05) is 33.3 Å². The number of anilines is 1. The fourth-order valence-electron chi connectivity index (χ4n) is 6.39. The molecule has 0 saturated carbocycles. The van der Waals surface area contributed by atoms with Crippen molar-refractivity contribution in [1.82, 2.24) is 25.2 Å². The molecule has 3 aliphatic rings. The number of thioether (sulfide) groups is 1. The van der Waals surface area contributed by atoms with Crippen LogP contribution in [-0.2, 0) is 21.1 Å². The molecule has 1 aromatic heterocycles. The zero-order valence-electron chi connectivity index (χ0n) is 21.7. The summed E-state index contributed by atoms with van der Waals surface area (Å²) in [4.78, 5) is 42.7. The van der Waals surface area contributed by atoms with Gasteiger partial charge in [-0.05, 0) is 49.7 Å². The molecule has 40 heavy (non-hydrogen) atoms. The summed E-state index contributed by atoms with van der Waals surface area (Å²) in [6.45, 7) is 2.23. The van der Waals surface area contributed by atoms with E-state index in [-0.39, 0.29) is 47.6 Å². The fourth-order valence-corrected chi connectivity index (χ4v) is 10.0. The predicted octanol–water partition coefficient (Wildman–Crippen LogP) is 2.00. The number of hydrogen-bond donors (Lipinski definition) is 3. The molecule has 6 atom stereocenters. The summed E-state index contributed by atoms with van der Waals surface area (Å²) in [6, 6.07) is 13.7. The Kier molecular flexibility index (Phi) is 7.21. The molecule has 3 N–H and O–H groups in total. The lowest BCUT2D eigenvalue weighted by Gasteiger charge is -2.35. The lowest BCUT2D eigenvalue weighted by molar-refractivity contribution is -0.139. The topological polar surface area (TPSA) is 139 Å². The van der Waals surface area contributed by atoms with Gasteiger partial charge in [-0.15, -0.1) is 16.9 Å². The summed E-state index contributed by atoms with van der Waals surface area (Å²) in [5.41, 5.74) is 2.09. The lowest BCUT2D eigenvalue weighted by Crippen LogP contribution is -2.55. The SMILES string of the molecule is CCOc1ccc(NC(=O)[C@H]2[C@H]3C(=O)N(CCO)C(C(=O)NCn4nnc5ccccc54)C34CC(Br)[C@@H]2S4)cc1. The van der Waals surface area contributed by atoms with E-state index in [1.54, 1.807) is 40.7 Å². The Morgan fingerprint density at radius 2 is 1.98 bits per heavy atom. The number of halogens is 1. The maximum absolute atomic E-state index is 13.9. The molecule has 3 unspecified atom stereocenters. The number of hydrogen-bond acceptors (Lipinski definition) is 8. The Balaban J connectivity index is 1.25. The summed E-state index contributed by atoms with van der Waals surface area (Å²) in [6.07, 6.45) is 0.553. The van der Waals surface area contributed by atoms with Crippen LogP contribution in [0.15, 0.2) is 48.5 Å². The van der Waals surface area contributed by atoms with Crippen molar-refractivity contribution in [3.8, 4) is 5.75 Å². The molecule has 1 spiro atoms. The van der Waals surface area contributed by atoms with Crippen molar-refractivity contribution in [2.45, 2.75) is 40.9 Å². The van der Waals surface area contributed by atoms with Gasteiger partial charge in [0.2, 0.25) is 17.7 Å². The molecular formula is C27H29BrN6O5S. The van der Waals surface area contributed by atoms with Crippen molar-refractivity contribution in [3.63, 3.8) is 0 Å². The zero-order valence-corrected chi connectivity index (χ0v) is 24.1. The first-order chi connectivity index (χ1) is 19.4. The number of para-hydroxylation sites is 1. The molecule has 4 heterocycles. The van der Waals surface area contributed by atoms with Crippen LogP contribution in [0.4, 0.5) is 5.69 Å². The number of aliphatic hydroxyl groups is 1.